The van der Waals surface area contributed by atoms with Crippen LogP contribution in [0.1, 0.15) is 41.5 Å². The van der Waals surface area contributed by atoms with Crippen molar-refractivity contribution in [1.29, 1.82) is 0 Å². The van der Waals surface area contributed by atoms with Crippen molar-refractivity contribution in [1.82, 2.24) is 5.32 Å². The summed E-state index contributed by atoms with van der Waals surface area (Å²) in [6, 6.07) is 14.4. The van der Waals surface area contributed by atoms with Crippen molar-refractivity contribution in [2.45, 2.75) is 26.4 Å². The molecule has 0 aliphatic carbocycles. The Morgan fingerprint density at radius 3 is 2.17 bits per heavy atom. The molecule has 8 nitrogen and oxygen atoms in total. The fraction of sp³-hybridized carbons (Fsp3) is 0.286. The summed E-state index contributed by atoms with van der Waals surface area (Å²) in [6.45, 7) is 5.21. The quantitative estimate of drug-likeness (QED) is 0.249. The number of hydrogen-bond acceptors (Lipinski definition) is 8. The van der Waals surface area contributed by atoms with Crippen LogP contribution >= 0.6 is 0 Å². The normalized spacial score (nSPS) is 10.7. The average molecular weight is 401 g/mol. The van der Waals surface area contributed by atoms with Crippen molar-refractivity contribution in [3.63, 3.8) is 0 Å². The fourth-order valence-corrected chi connectivity index (χ4v) is 2.16. The van der Waals surface area contributed by atoms with Crippen molar-refractivity contribution >= 4 is 17.9 Å². The lowest BCUT2D eigenvalue weighted by Crippen LogP contribution is -2.33. The van der Waals surface area contributed by atoms with Crippen LogP contribution in [0.2, 0.25) is 0 Å². The molecule has 0 aliphatic heterocycles. The molecule has 2 aromatic carbocycles. The SMILES string of the molecule is CC(C)(C)OC(=O)CNCOc1ccccc1C(=O)OOC(=O)c1ccccc1. The number of esters is 1. The number of carbonyl (C=O) groups is 3. The zero-order chi connectivity index (χ0) is 21.3. The van der Waals surface area contributed by atoms with Crippen LogP contribution in [0.25, 0.3) is 0 Å². The second-order valence-electron chi connectivity index (χ2n) is 6.91. The number of para-hydroxylation sites is 1. The van der Waals surface area contributed by atoms with Crippen molar-refractivity contribution in [2.75, 3.05) is 13.3 Å². The van der Waals surface area contributed by atoms with Gasteiger partial charge in [-0.2, -0.15) is 0 Å². The van der Waals surface area contributed by atoms with Crippen LogP contribution in [0.15, 0.2) is 54.6 Å². The topological polar surface area (TPSA) is 100 Å². The van der Waals surface area contributed by atoms with Gasteiger partial charge in [-0.05, 0) is 45.0 Å². The second-order valence-corrected chi connectivity index (χ2v) is 6.91. The van der Waals surface area contributed by atoms with E-state index in [-0.39, 0.29) is 30.2 Å². The summed E-state index contributed by atoms with van der Waals surface area (Å²) in [4.78, 5) is 44.9. The Morgan fingerprint density at radius 2 is 1.48 bits per heavy atom. The molecule has 0 amide bonds. The molecule has 0 saturated heterocycles. The van der Waals surface area contributed by atoms with Gasteiger partial charge in [0.1, 0.15) is 23.6 Å². The Hall–Kier alpha value is -3.39. The molecule has 2 aromatic rings. The van der Waals surface area contributed by atoms with E-state index in [9.17, 15) is 14.4 Å². The summed E-state index contributed by atoms with van der Waals surface area (Å²) in [5.74, 6) is -1.92. The summed E-state index contributed by atoms with van der Waals surface area (Å²) in [6.07, 6.45) is 0. The highest BCUT2D eigenvalue weighted by Gasteiger charge is 2.18. The third-order valence-corrected chi connectivity index (χ3v) is 3.33. The average Bonchev–Trinajstić information content (AvgIpc) is 2.69. The third-order valence-electron chi connectivity index (χ3n) is 3.33. The molecule has 154 valence electrons. The van der Waals surface area contributed by atoms with Crippen LogP contribution < -0.4 is 10.1 Å². The van der Waals surface area contributed by atoms with Crippen LogP contribution in [-0.4, -0.2) is 36.8 Å². The van der Waals surface area contributed by atoms with Gasteiger partial charge in [-0.25, -0.2) is 19.4 Å². The van der Waals surface area contributed by atoms with Gasteiger partial charge in [-0.1, -0.05) is 30.3 Å². The molecule has 0 aromatic heterocycles. The summed E-state index contributed by atoms with van der Waals surface area (Å²) in [5, 5.41) is 2.76. The highest BCUT2D eigenvalue weighted by Crippen LogP contribution is 2.19. The van der Waals surface area contributed by atoms with Crippen LogP contribution in [0.5, 0.6) is 5.75 Å². The van der Waals surface area contributed by atoms with Gasteiger partial charge in [0.15, 0.2) is 0 Å². The zero-order valence-corrected chi connectivity index (χ0v) is 16.5. The molecule has 0 bridgehead atoms. The Balaban J connectivity index is 1.85. The van der Waals surface area contributed by atoms with Gasteiger partial charge in [-0.3, -0.25) is 10.1 Å². The maximum Gasteiger partial charge on any atom is 0.390 e. The highest BCUT2D eigenvalue weighted by atomic mass is 17.2. The molecule has 1 N–H and O–H groups in total. The minimum absolute atomic E-state index is 0.0483. The van der Waals surface area contributed by atoms with E-state index < -0.39 is 23.5 Å². The number of hydrogen-bond donors (Lipinski definition) is 1. The Bertz CT molecular complexity index is 844. The van der Waals surface area contributed by atoms with E-state index in [1.165, 1.54) is 18.2 Å². The molecular weight excluding hydrogens is 378 g/mol. The zero-order valence-electron chi connectivity index (χ0n) is 16.5. The number of rotatable bonds is 7. The van der Waals surface area contributed by atoms with E-state index in [0.717, 1.165) is 0 Å². The Labute approximate surface area is 168 Å². The van der Waals surface area contributed by atoms with E-state index in [0.29, 0.717) is 0 Å². The van der Waals surface area contributed by atoms with Gasteiger partial charge >= 0.3 is 17.9 Å². The number of nitrogens with one attached hydrogen (secondary N) is 1. The van der Waals surface area contributed by atoms with Gasteiger partial charge in [0, 0.05) is 0 Å². The van der Waals surface area contributed by atoms with Crippen molar-refractivity contribution < 1.29 is 33.6 Å². The first-order valence-electron chi connectivity index (χ1n) is 8.89. The number of benzene rings is 2. The summed E-state index contributed by atoms with van der Waals surface area (Å²) in [5.41, 5.74) is -0.267. The maximum absolute atomic E-state index is 12.2. The van der Waals surface area contributed by atoms with E-state index in [1.807, 2.05) is 0 Å². The predicted octanol–water partition coefficient (Wildman–Crippen LogP) is 2.88. The third kappa shape index (κ3) is 7.63. The summed E-state index contributed by atoms with van der Waals surface area (Å²) >= 11 is 0. The molecule has 0 radical (unpaired) electrons. The van der Waals surface area contributed by atoms with E-state index >= 15 is 0 Å². The van der Waals surface area contributed by atoms with E-state index in [4.69, 9.17) is 9.47 Å². The minimum Gasteiger partial charge on any atom is -0.477 e. The minimum atomic E-state index is -0.892. The number of ether oxygens (including phenoxy) is 2. The van der Waals surface area contributed by atoms with E-state index in [1.54, 1.807) is 57.2 Å². The lowest BCUT2D eigenvalue weighted by molar-refractivity contribution is -0.187. The van der Waals surface area contributed by atoms with Crippen LogP contribution in [0, 0.1) is 0 Å². The molecule has 29 heavy (non-hydrogen) atoms. The standard InChI is InChI=1S/C21H23NO7/c1-21(2,3)27-18(23)13-22-14-26-17-12-8-7-11-16(17)20(25)29-28-19(24)15-9-5-4-6-10-15/h4-12,22H,13-14H2,1-3H3. The molecule has 0 spiro atoms. The lowest BCUT2D eigenvalue weighted by Gasteiger charge is -2.19. The molecule has 0 aliphatic rings. The smallest absolute Gasteiger partial charge is 0.390 e. The van der Waals surface area contributed by atoms with Crippen molar-refractivity contribution in [3.8, 4) is 5.75 Å². The summed E-state index contributed by atoms with van der Waals surface area (Å²) in [7, 11) is 0. The molecular formula is C21H23NO7. The second kappa shape index (κ2) is 10.2. The molecule has 2 rings (SSSR count). The highest BCUT2D eigenvalue weighted by molar-refractivity contribution is 5.94. The Morgan fingerprint density at radius 1 is 0.862 bits per heavy atom. The van der Waals surface area contributed by atoms with Gasteiger partial charge in [0.25, 0.3) is 0 Å². The van der Waals surface area contributed by atoms with Crippen LogP contribution in [0.3, 0.4) is 0 Å². The van der Waals surface area contributed by atoms with Gasteiger partial charge < -0.3 is 9.47 Å². The molecule has 0 fully saturated rings. The first-order chi connectivity index (χ1) is 13.8. The van der Waals surface area contributed by atoms with Gasteiger partial charge in [0.2, 0.25) is 0 Å². The molecule has 0 unspecified atom stereocenters. The van der Waals surface area contributed by atoms with Crippen LogP contribution in [-0.2, 0) is 19.3 Å². The summed E-state index contributed by atoms with van der Waals surface area (Å²) < 4.78 is 10.6. The Kier molecular flexibility index (Phi) is 7.73. The molecule has 0 heterocycles. The van der Waals surface area contributed by atoms with E-state index in [2.05, 4.69) is 15.1 Å². The molecule has 0 saturated carbocycles. The predicted molar refractivity (Wildman–Crippen MR) is 103 cm³/mol. The first-order valence-corrected chi connectivity index (χ1v) is 8.89. The lowest BCUT2D eigenvalue weighted by atomic mass is 10.2. The fourth-order valence-electron chi connectivity index (χ4n) is 2.16. The first kappa shape index (κ1) is 21.9. The largest absolute Gasteiger partial charge is 0.477 e. The monoisotopic (exact) mass is 401 g/mol. The van der Waals surface area contributed by atoms with Gasteiger partial charge in [0.05, 0.1) is 12.1 Å². The van der Waals surface area contributed by atoms with Crippen molar-refractivity contribution in [2.24, 2.45) is 0 Å². The molecule has 8 heteroatoms. The molecule has 0 atom stereocenters. The van der Waals surface area contributed by atoms with Gasteiger partial charge in [-0.15, -0.1) is 0 Å². The van der Waals surface area contributed by atoms with Crippen molar-refractivity contribution in [3.05, 3.63) is 65.7 Å². The number of carbonyl (C=O) groups excluding carboxylic acids is 3. The van der Waals surface area contributed by atoms with Crippen LogP contribution in [0.4, 0.5) is 0 Å². The maximum atomic E-state index is 12.2.